The second kappa shape index (κ2) is 11.5. The molecule has 128 valence electrons. The van der Waals surface area contributed by atoms with Gasteiger partial charge in [-0.15, -0.1) is 0 Å². The summed E-state index contributed by atoms with van der Waals surface area (Å²) in [7, 11) is 0. The third-order valence-electron chi connectivity index (χ3n) is 5.03. The molecule has 2 N–H and O–H groups in total. The molecule has 2 heteroatoms. The average Bonchev–Trinajstić information content (AvgIpc) is 2.47. The molecule has 0 aliphatic rings. The highest BCUT2D eigenvalue weighted by Gasteiger charge is 2.22. The summed E-state index contributed by atoms with van der Waals surface area (Å²) in [6.07, 6.45) is 13.2. The van der Waals surface area contributed by atoms with Crippen molar-refractivity contribution >= 4 is 0 Å². The van der Waals surface area contributed by atoms with Crippen molar-refractivity contribution in [3.05, 3.63) is 0 Å². The Bertz CT molecular complexity index is 218. The standard InChI is InChI=1S/C19H40O2/c1-5-12-18(3,16-20)14-10-8-7-9-11-15-19(4,17-21)13-6-2/h20-21H,5-17H2,1-4H3. The summed E-state index contributed by atoms with van der Waals surface area (Å²) < 4.78 is 0. The number of hydrogen-bond donors (Lipinski definition) is 2. The van der Waals surface area contributed by atoms with E-state index in [4.69, 9.17) is 0 Å². The van der Waals surface area contributed by atoms with E-state index in [1.165, 1.54) is 32.1 Å². The highest BCUT2D eigenvalue weighted by atomic mass is 16.3. The minimum Gasteiger partial charge on any atom is -0.396 e. The van der Waals surface area contributed by atoms with Crippen LogP contribution in [0.25, 0.3) is 0 Å². The predicted octanol–water partition coefficient (Wildman–Crippen LogP) is 5.31. The maximum atomic E-state index is 9.50. The SMILES string of the molecule is CCCC(C)(CO)CCCCCCCC(C)(CO)CCC. The molecule has 0 spiro atoms. The van der Waals surface area contributed by atoms with Gasteiger partial charge >= 0.3 is 0 Å². The van der Waals surface area contributed by atoms with E-state index in [0.717, 1.165) is 38.5 Å². The van der Waals surface area contributed by atoms with Crippen LogP contribution in [0.4, 0.5) is 0 Å². The van der Waals surface area contributed by atoms with Crippen molar-refractivity contribution < 1.29 is 10.2 Å². The molecule has 2 unspecified atom stereocenters. The minimum atomic E-state index is 0.144. The average molecular weight is 301 g/mol. The van der Waals surface area contributed by atoms with Crippen LogP contribution in [0, 0.1) is 10.8 Å². The summed E-state index contributed by atoms with van der Waals surface area (Å²) in [6, 6.07) is 0. The first kappa shape index (κ1) is 20.9. The van der Waals surface area contributed by atoms with E-state index < -0.39 is 0 Å². The van der Waals surface area contributed by atoms with Gasteiger partial charge < -0.3 is 10.2 Å². The quantitative estimate of drug-likeness (QED) is 0.426. The van der Waals surface area contributed by atoms with Gasteiger partial charge in [-0.05, 0) is 36.5 Å². The van der Waals surface area contributed by atoms with Gasteiger partial charge in [0, 0.05) is 13.2 Å². The van der Waals surface area contributed by atoms with E-state index in [1.807, 2.05) is 0 Å². The van der Waals surface area contributed by atoms with E-state index >= 15 is 0 Å². The molecule has 2 nitrogen and oxygen atoms in total. The molecule has 0 aliphatic carbocycles. The van der Waals surface area contributed by atoms with E-state index in [1.54, 1.807) is 0 Å². The molecule has 0 aromatic carbocycles. The van der Waals surface area contributed by atoms with Crippen molar-refractivity contribution in [3.63, 3.8) is 0 Å². The highest BCUT2D eigenvalue weighted by molar-refractivity contribution is 4.74. The monoisotopic (exact) mass is 300 g/mol. The van der Waals surface area contributed by atoms with Gasteiger partial charge in [-0.25, -0.2) is 0 Å². The molecule has 0 amide bonds. The van der Waals surface area contributed by atoms with Gasteiger partial charge in [-0.3, -0.25) is 0 Å². The Kier molecular flexibility index (Phi) is 11.4. The first-order valence-corrected chi connectivity index (χ1v) is 9.17. The maximum absolute atomic E-state index is 9.50. The Balaban J connectivity index is 3.68. The molecule has 0 saturated carbocycles. The zero-order valence-corrected chi connectivity index (χ0v) is 15.1. The third kappa shape index (κ3) is 9.52. The van der Waals surface area contributed by atoms with Crippen LogP contribution in [-0.4, -0.2) is 23.4 Å². The van der Waals surface area contributed by atoms with Gasteiger partial charge in [0.1, 0.15) is 0 Å². The third-order valence-corrected chi connectivity index (χ3v) is 5.03. The molecular formula is C19H40O2. The predicted molar refractivity (Wildman–Crippen MR) is 92.5 cm³/mol. The number of hydrogen-bond acceptors (Lipinski definition) is 2. The van der Waals surface area contributed by atoms with Crippen LogP contribution in [-0.2, 0) is 0 Å². The molecular weight excluding hydrogens is 260 g/mol. The number of unbranched alkanes of at least 4 members (excludes halogenated alkanes) is 4. The van der Waals surface area contributed by atoms with E-state index in [0.29, 0.717) is 13.2 Å². The largest absolute Gasteiger partial charge is 0.396 e. The summed E-state index contributed by atoms with van der Waals surface area (Å²) in [6.45, 7) is 9.48. The molecule has 0 bridgehead atoms. The van der Waals surface area contributed by atoms with Crippen LogP contribution in [0.5, 0.6) is 0 Å². The van der Waals surface area contributed by atoms with Gasteiger partial charge in [-0.1, -0.05) is 72.6 Å². The molecule has 0 aliphatic heterocycles. The topological polar surface area (TPSA) is 40.5 Å². The smallest absolute Gasteiger partial charge is 0.0484 e. The number of aliphatic hydroxyl groups is 2. The summed E-state index contributed by atoms with van der Waals surface area (Å²) in [5.41, 5.74) is 0.288. The highest BCUT2D eigenvalue weighted by Crippen LogP contribution is 2.31. The van der Waals surface area contributed by atoms with Crippen LogP contribution < -0.4 is 0 Å². The fourth-order valence-corrected chi connectivity index (χ4v) is 3.41. The second-order valence-electron chi connectivity index (χ2n) is 7.71. The Hall–Kier alpha value is -0.0800. The maximum Gasteiger partial charge on any atom is 0.0484 e. The summed E-state index contributed by atoms with van der Waals surface area (Å²) in [4.78, 5) is 0. The Morgan fingerprint density at radius 2 is 0.905 bits per heavy atom. The molecule has 0 aromatic heterocycles. The van der Waals surface area contributed by atoms with Crippen molar-refractivity contribution in [1.29, 1.82) is 0 Å². The van der Waals surface area contributed by atoms with Gasteiger partial charge in [-0.2, -0.15) is 0 Å². The molecule has 0 radical (unpaired) electrons. The summed E-state index contributed by atoms with van der Waals surface area (Å²) in [5, 5.41) is 19.0. The molecule has 21 heavy (non-hydrogen) atoms. The fraction of sp³-hybridized carbons (Fsp3) is 1.00. The fourth-order valence-electron chi connectivity index (χ4n) is 3.41. The molecule has 0 saturated heterocycles. The first-order chi connectivity index (χ1) is 9.95. The number of rotatable bonds is 14. The first-order valence-electron chi connectivity index (χ1n) is 9.17. The second-order valence-corrected chi connectivity index (χ2v) is 7.71. The summed E-state index contributed by atoms with van der Waals surface area (Å²) >= 11 is 0. The van der Waals surface area contributed by atoms with E-state index in [-0.39, 0.29) is 10.8 Å². The normalized spacial score (nSPS) is 17.4. The lowest BCUT2D eigenvalue weighted by atomic mass is 9.80. The Morgan fingerprint density at radius 1 is 0.571 bits per heavy atom. The van der Waals surface area contributed by atoms with Crippen LogP contribution in [0.3, 0.4) is 0 Å². The lowest BCUT2D eigenvalue weighted by Crippen LogP contribution is -2.21. The van der Waals surface area contributed by atoms with Gasteiger partial charge in [0.25, 0.3) is 0 Å². The Morgan fingerprint density at radius 3 is 1.19 bits per heavy atom. The van der Waals surface area contributed by atoms with E-state index in [2.05, 4.69) is 27.7 Å². The minimum absolute atomic E-state index is 0.144. The zero-order valence-electron chi connectivity index (χ0n) is 15.1. The molecule has 0 aromatic rings. The van der Waals surface area contributed by atoms with Crippen molar-refractivity contribution in [1.82, 2.24) is 0 Å². The van der Waals surface area contributed by atoms with Gasteiger partial charge in [0.05, 0.1) is 0 Å². The molecule has 0 fully saturated rings. The van der Waals surface area contributed by atoms with Crippen molar-refractivity contribution in [2.24, 2.45) is 10.8 Å². The van der Waals surface area contributed by atoms with Crippen molar-refractivity contribution in [3.8, 4) is 0 Å². The van der Waals surface area contributed by atoms with Crippen molar-refractivity contribution in [2.75, 3.05) is 13.2 Å². The lowest BCUT2D eigenvalue weighted by molar-refractivity contribution is 0.116. The zero-order chi connectivity index (χ0) is 16.2. The van der Waals surface area contributed by atoms with Crippen LogP contribution in [0.15, 0.2) is 0 Å². The van der Waals surface area contributed by atoms with Crippen LogP contribution in [0.1, 0.15) is 98.3 Å². The molecule has 0 heterocycles. The van der Waals surface area contributed by atoms with Crippen LogP contribution >= 0.6 is 0 Å². The van der Waals surface area contributed by atoms with Gasteiger partial charge in [0.15, 0.2) is 0 Å². The molecule has 0 rings (SSSR count). The Labute approximate surface area is 133 Å². The lowest BCUT2D eigenvalue weighted by Gasteiger charge is -2.27. The molecule has 2 atom stereocenters. The van der Waals surface area contributed by atoms with Gasteiger partial charge in [0.2, 0.25) is 0 Å². The van der Waals surface area contributed by atoms with E-state index in [9.17, 15) is 10.2 Å². The summed E-state index contributed by atoms with van der Waals surface area (Å²) in [5.74, 6) is 0. The van der Waals surface area contributed by atoms with Crippen molar-refractivity contribution in [2.45, 2.75) is 98.3 Å². The number of aliphatic hydroxyl groups excluding tert-OH is 2. The van der Waals surface area contributed by atoms with Crippen LogP contribution in [0.2, 0.25) is 0 Å².